The second-order valence-corrected chi connectivity index (χ2v) is 8.52. The number of hydrogen-bond acceptors (Lipinski definition) is 3. The van der Waals surface area contributed by atoms with E-state index in [0.29, 0.717) is 12.1 Å². The van der Waals surface area contributed by atoms with Gasteiger partial charge in [0.2, 0.25) is 11.8 Å². The third-order valence-corrected chi connectivity index (χ3v) is 6.46. The van der Waals surface area contributed by atoms with Crippen LogP contribution in [-0.2, 0) is 9.59 Å². The van der Waals surface area contributed by atoms with Crippen LogP contribution in [0.4, 0.5) is 4.39 Å². The number of aliphatic hydroxyl groups excluding tert-OH is 1. The minimum Gasteiger partial charge on any atom is -0.394 e. The van der Waals surface area contributed by atoms with Crippen molar-refractivity contribution in [1.82, 2.24) is 9.80 Å². The summed E-state index contributed by atoms with van der Waals surface area (Å²) in [5.41, 5.74) is 2.43. The lowest BCUT2D eigenvalue weighted by molar-refractivity contribution is -0.167. The Kier molecular flexibility index (Phi) is 4.99. The maximum atomic E-state index is 13.3. The average Bonchev–Trinajstić information content (AvgIpc) is 3.59. The summed E-state index contributed by atoms with van der Waals surface area (Å²) in [5, 5.41) is 9.91. The number of nitrogens with zero attached hydrogens (tertiary/aromatic N) is 2. The Balaban J connectivity index is 1.34. The highest BCUT2D eigenvalue weighted by Gasteiger charge is 2.55. The van der Waals surface area contributed by atoms with Gasteiger partial charge in [0.25, 0.3) is 0 Å². The molecule has 3 atom stereocenters. The molecule has 2 heterocycles. The molecule has 1 N–H and O–H groups in total. The van der Waals surface area contributed by atoms with Crippen LogP contribution in [-0.4, -0.2) is 58.5 Å². The van der Waals surface area contributed by atoms with Crippen molar-refractivity contribution in [3.8, 4) is 11.8 Å². The van der Waals surface area contributed by atoms with Gasteiger partial charge in [-0.1, -0.05) is 30.0 Å². The third kappa shape index (κ3) is 3.70. The van der Waals surface area contributed by atoms with Crippen molar-refractivity contribution in [1.29, 1.82) is 0 Å². The predicted octanol–water partition coefficient (Wildman–Crippen LogP) is 2.13. The van der Waals surface area contributed by atoms with E-state index in [9.17, 15) is 19.1 Å². The third-order valence-electron chi connectivity index (χ3n) is 6.46. The quantitative estimate of drug-likeness (QED) is 0.777. The van der Waals surface area contributed by atoms with Gasteiger partial charge in [-0.05, 0) is 48.7 Å². The fraction of sp³-hybridized carbons (Fsp3) is 0.360. The monoisotopic (exact) mass is 418 g/mol. The molecule has 5 nitrogen and oxygen atoms in total. The molecule has 1 aliphatic carbocycles. The first kappa shape index (κ1) is 19.8. The number of fused-ring (bicyclic) bond motifs is 1. The van der Waals surface area contributed by atoms with E-state index >= 15 is 0 Å². The minimum absolute atomic E-state index is 0.0195. The van der Waals surface area contributed by atoms with Crippen molar-refractivity contribution in [2.45, 2.75) is 30.8 Å². The SMILES string of the molecule is O=C(C1CC1)N1CC(=O)N2[C@H](CO)[C@@H](c3ccc(C#Cc4cccc(F)c4)cc3)[C@H]2C1. The molecule has 158 valence electrons. The maximum absolute atomic E-state index is 13.3. The summed E-state index contributed by atoms with van der Waals surface area (Å²) in [6, 6.07) is 13.5. The maximum Gasteiger partial charge on any atom is 0.242 e. The van der Waals surface area contributed by atoms with Gasteiger partial charge < -0.3 is 14.9 Å². The second-order valence-electron chi connectivity index (χ2n) is 8.52. The number of amides is 2. The highest BCUT2D eigenvalue weighted by Crippen LogP contribution is 2.43. The molecule has 3 aliphatic rings. The summed E-state index contributed by atoms with van der Waals surface area (Å²) < 4.78 is 13.3. The molecule has 2 amide bonds. The van der Waals surface area contributed by atoms with Crippen LogP contribution < -0.4 is 0 Å². The van der Waals surface area contributed by atoms with Gasteiger partial charge in [0, 0.05) is 29.5 Å². The topological polar surface area (TPSA) is 60.9 Å². The predicted molar refractivity (Wildman–Crippen MR) is 112 cm³/mol. The lowest BCUT2D eigenvalue weighted by Gasteiger charge is -2.58. The van der Waals surface area contributed by atoms with E-state index in [0.717, 1.165) is 24.0 Å². The summed E-state index contributed by atoms with van der Waals surface area (Å²) in [4.78, 5) is 28.6. The summed E-state index contributed by atoms with van der Waals surface area (Å²) in [6.07, 6.45) is 1.83. The van der Waals surface area contributed by atoms with Crippen molar-refractivity contribution in [3.63, 3.8) is 0 Å². The number of carbonyl (C=O) groups excluding carboxylic acids is 2. The first-order valence-corrected chi connectivity index (χ1v) is 10.6. The molecule has 2 saturated heterocycles. The Bertz CT molecular complexity index is 1080. The molecule has 2 aromatic carbocycles. The van der Waals surface area contributed by atoms with Crippen molar-refractivity contribution < 1.29 is 19.1 Å². The lowest BCUT2D eigenvalue weighted by atomic mass is 9.73. The molecule has 0 spiro atoms. The van der Waals surface area contributed by atoms with Crippen LogP contribution in [0, 0.1) is 23.6 Å². The van der Waals surface area contributed by atoms with Crippen LogP contribution in [0.15, 0.2) is 48.5 Å². The first-order valence-electron chi connectivity index (χ1n) is 10.6. The number of rotatable bonds is 3. The largest absolute Gasteiger partial charge is 0.394 e. The van der Waals surface area contributed by atoms with E-state index < -0.39 is 0 Å². The van der Waals surface area contributed by atoms with Crippen LogP contribution >= 0.6 is 0 Å². The number of benzene rings is 2. The number of hydrogen-bond donors (Lipinski definition) is 1. The average molecular weight is 418 g/mol. The molecule has 2 aliphatic heterocycles. The van der Waals surface area contributed by atoms with Crippen molar-refractivity contribution >= 4 is 11.8 Å². The number of halogens is 1. The normalized spacial score (nSPS) is 24.7. The smallest absolute Gasteiger partial charge is 0.242 e. The number of aliphatic hydroxyl groups is 1. The zero-order valence-corrected chi connectivity index (χ0v) is 17.0. The molecule has 0 aromatic heterocycles. The summed E-state index contributed by atoms with van der Waals surface area (Å²) in [6.45, 7) is 0.525. The minimum atomic E-state index is -0.317. The van der Waals surface area contributed by atoms with Crippen molar-refractivity contribution in [2.75, 3.05) is 19.7 Å². The van der Waals surface area contributed by atoms with Crippen molar-refractivity contribution in [3.05, 3.63) is 71.0 Å². The Labute approximate surface area is 180 Å². The van der Waals surface area contributed by atoms with E-state index in [1.54, 1.807) is 21.9 Å². The molecule has 0 radical (unpaired) electrons. The van der Waals surface area contributed by atoms with Crippen LogP contribution in [0.5, 0.6) is 0 Å². The number of carbonyl (C=O) groups is 2. The van der Waals surface area contributed by atoms with E-state index in [2.05, 4.69) is 11.8 Å². The van der Waals surface area contributed by atoms with Gasteiger partial charge in [0.05, 0.1) is 25.2 Å². The number of piperazine rings is 1. The van der Waals surface area contributed by atoms with E-state index in [-0.39, 0.29) is 54.7 Å². The Hall–Kier alpha value is -3.17. The van der Waals surface area contributed by atoms with Crippen molar-refractivity contribution in [2.24, 2.45) is 5.92 Å². The lowest BCUT2D eigenvalue weighted by Crippen LogP contribution is -2.73. The standard InChI is InChI=1S/C25H23FN2O3/c26-20-3-1-2-17(12-20)5-4-16-6-8-18(9-7-16)24-21-13-27(25(31)19-10-11-19)14-23(30)28(21)22(24)15-29/h1-3,6-9,12,19,21-22,24,29H,10-11,13-15H2/t21-,22-,24+/m1/s1. The van der Waals surface area contributed by atoms with E-state index in [1.807, 2.05) is 24.3 Å². The molecule has 0 unspecified atom stereocenters. The van der Waals surface area contributed by atoms with E-state index in [1.165, 1.54) is 12.1 Å². The van der Waals surface area contributed by atoms with Crippen LogP contribution in [0.2, 0.25) is 0 Å². The molecule has 0 bridgehead atoms. The van der Waals surface area contributed by atoms with Crippen LogP contribution in [0.25, 0.3) is 0 Å². The molecule has 1 saturated carbocycles. The summed E-state index contributed by atoms with van der Waals surface area (Å²) >= 11 is 0. The second kappa shape index (κ2) is 7.82. The van der Waals surface area contributed by atoms with Gasteiger partial charge in [0.1, 0.15) is 5.82 Å². The molecular formula is C25H23FN2O3. The van der Waals surface area contributed by atoms with Gasteiger partial charge in [-0.3, -0.25) is 9.59 Å². The first-order chi connectivity index (χ1) is 15.0. The molecule has 6 heteroatoms. The molecule has 31 heavy (non-hydrogen) atoms. The Morgan fingerprint density at radius 1 is 1.10 bits per heavy atom. The molecular weight excluding hydrogens is 395 g/mol. The molecule has 2 aromatic rings. The molecule has 3 fully saturated rings. The van der Waals surface area contributed by atoms with Gasteiger partial charge in [-0.25, -0.2) is 4.39 Å². The van der Waals surface area contributed by atoms with Crippen LogP contribution in [0.3, 0.4) is 0 Å². The zero-order chi connectivity index (χ0) is 21.5. The van der Waals surface area contributed by atoms with Crippen LogP contribution in [0.1, 0.15) is 35.4 Å². The molecule has 5 rings (SSSR count). The Morgan fingerprint density at radius 2 is 1.84 bits per heavy atom. The van der Waals surface area contributed by atoms with Gasteiger partial charge in [-0.2, -0.15) is 0 Å². The zero-order valence-electron chi connectivity index (χ0n) is 17.0. The summed E-state index contributed by atoms with van der Waals surface area (Å²) in [7, 11) is 0. The highest BCUT2D eigenvalue weighted by molar-refractivity contribution is 5.89. The highest BCUT2D eigenvalue weighted by atomic mass is 19.1. The van der Waals surface area contributed by atoms with Gasteiger partial charge in [0.15, 0.2) is 0 Å². The van der Waals surface area contributed by atoms with Gasteiger partial charge in [-0.15, -0.1) is 0 Å². The van der Waals surface area contributed by atoms with E-state index in [4.69, 9.17) is 0 Å². The summed E-state index contributed by atoms with van der Waals surface area (Å²) in [5.74, 6) is 5.74. The Morgan fingerprint density at radius 3 is 2.52 bits per heavy atom. The van der Waals surface area contributed by atoms with Gasteiger partial charge >= 0.3 is 0 Å². The fourth-order valence-corrected chi connectivity index (χ4v) is 4.76. The fourth-order valence-electron chi connectivity index (χ4n) is 4.76.